The van der Waals surface area contributed by atoms with E-state index < -0.39 is 5.60 Å². The van der Waals surface area contributed by atoms with Gasteiger partial charge in [-0.05, 0) is 51.4 Å². The minimum Gasteiger partial charge on any atom is -0.387 e. The molecule has 2 aliphatic rings. The van der Waals surface area contributed by atoms with E-state index in [0.717, 1.165) is 32.1 Å². The molecule has 0 aromatic carbocycles. The van der Waals surface area contributed by atoms with Gasteiger partial charge < -0.3 is 9.84 Å². The first-order chi connectivity index (χ1) is 6.81. The summed E-state index contributed by atoms with van der Waals surface area (Å²) >= 11 is 0. The molecule has 15 heavy (non-hydrogen) atoms. The van der Waals surface area contributed by atoms with Crippen molar-refractivity contribution < 1.29 is 9.84 Å². The summed E-state index contributed by atoms with van der Waals surface area (Å²) in [5, 5.41) is 10.7. The van der Waals surface area contributed by atoms with Gasteiger partial charge in [0.05, 0.1) is 11.7 Å². The maximum absolute atomic E-state index is 10.7. The van der Waals surface area contributed by atoms with Crippen molar-refractivity contribution in [3.05, 3.63) is 0 Å². The Morgan fingerprint density at radius 2 is 1.80 bits per heavy atom. The topological polar surface area (TPSA) is 29.5 Å². The number of aliphatic hydroxyl groups is 1. The fourth-order valence-corrected chi connectivity index (χ4v) is 3.77. The standard InChI is InChI=1S/C13H24O2/c1-10-6-9-13(15-10)11(2,3)7-5-8-12(13,4)14/h10,14H,5-9H2,1-4H3/t10-,12?,13-/m1/s1. The van der Waals surface area contributed by atoms with Crippen molar-refractivity contribution >= 4 is 0 Å². The molecule has 2 nitrogen and oxygen atoms in total. The largest absolute Gasteiger partial charge is 0.387 e. The van der Waals surface area contributed by atoms with Gasteiger partial charge in [0.25, 0.3) is 0 Å². The first kappa shape index (κ1) is 11.4. The van der Waals surface area contributed by atoms with Crippen molar-refractivity contribution in [2.45, 2.75) is 77.1 Å². The summed E-state index contributed by atoms with van der Waals surface area (Å²) < 4.78 is 6.17. The maximum Gasteiger partial charge on any atom is 0.102 e. The molecule has 1 unspecified atom stereocenters. The highest BCUT2D eigenvalue weighted by molar-refractivity contribution is 5.12. The van der Waals surface area contributed by atoms with E-state index >= 15 is 0 Å². The minimum atomic E-state index is -0.653. The lowest BCUT2D eigenvalue weighted by Gasteiger charge is -2.56. The van der Waals surface area contributed by atoms with Crippen molar-refractivity contribution in [2.24, 2.45) is 5.41 Å². The molecule has 0 amide bonds. The van der Waals surface area contributed by atoms with Crippen molar-refractivity contribution in [2.75, 3.05) is 0 Å². The summed E-state index contributed by atoms with van der Waals surface area (Å²) in [6.45, 7) is 8.58. The first-order valence-corrected chi connectivity index (χ1v) is 6.21. The van der Waals surface area contributed by atoms with E-state index in [2.05, 4.69) is 20.8 Å². The van der Waals surface area contributed by atoms with Gasteiger partial charge in [0.15, 0.2) is 0 Å². The highest BCUT2D eigenvalue weighted by Gasteiger charge is 2.61. The fourth-order valence-electron chi connectivity index (χ4n) is 3.77. The van der Waals surface area contributed by atoms with Gasteiger partial charge in [-0.25, -0.2) is 0 Å². The van der Waals surface area contributed by atoms with Crippen LogP contribution in [-0.2, 0) is 4.74 Å². The second-order valence-electron chi connectivity index (χ2n) is 6.31. The molecule has 0 aromatic rings. The average molecular weight is 212 g/mol. The molecule has 88 valence electrons. The van der Waals surface area contributed by atoms with E-state index in [1.165, 1.54) is 0 Å². The summed E-state index contributed by atoms with van der Waals surface area (Å²) in [5.74, 6) is 0. The molecule has 1 spiro atoms. The molecule has 0 radical (unpaired) electrons. The summed E-state index contributed by atoms with van der Waals surface area (Å²) in [4.78, 5) is 0. The van der Waals surface area contributed by atoms with Crippen molar-refractivity contribution in [3.63, 3.8) is 0 Å². The summed E-state index contributed by atoms with van der Waals surface area (Å²) in [7, 11) is 0. The Labute approximate surface area is 93.0 Å². The van der Waals surface area contributed by atoms with Gasteiger partial charge >= 0.3 is 0 Å². The van der Waals surface area contributed by atoms with Crippen LogP contribution in [0.1, 0.15) is 59.8 Å². The molecular weight excluding hydrogens is 188 g/mol. The van der Waals surface area contributed by atoms with Gasteiger partial charge in [-0.3, -0.25) is 0 Å². The third-order valence-electron chi connectivity index (χ3n) is 4.73. The number of rotatable bonds is 0. The summed E-state index contributed by atoms with van der Waals surface area (Å²) in [6.07, 6.45) is 5.54. The van der Waals surface area contributed by atoms with Gasteiger partial charge in [-0.1, -0.05) is 13.8 Å². The quantitative estimate of drug-likeness (QED) is 0.669. The molecule has 0 aromatic heterocycles. The Balaban J connectivity index is 2.38. The van der Waals surface area contributed by atoms with Gasteiger partial charge in [0.2, 0.25) is 0 Å². The van der Waals surface area contributed by atoms with Gasteiger partial charge in [-0.15, -0.1) is 0 Å². The molecule has 1 saturated heterocycles. The fraction of sp³-hybridized carbons (Fsp3) is 1.00. The highest BCUT2D eigenvalue weighted by atomic mass is 16.5. The Morgan fingerprint density at radius 3 is 2.27 bits per heavy atom. The minimum absolute atomic E-state index is 0.0967. The molecule has 2 rings (SSSR count). The van der Waals surface area contributed by atoms with Crippen LogP contribution in [-0.4, -0.2) is 22.4 Å². The van der Waals surface area contributed by atoms with Crippen molar-refractivity contribution in [1.82, 2.24) is 0 Å². The second kappa shape index (κ2) is 3.21. The van der Waals surface area contributed by atoms with Gasteiger partial charge in [0.1, 0.15) is 5.60 Å². The van der Waals surface area contributed by atoms with E-state index in [-0.39, 0.29) is 11.0 Å². The van der Waals surface area contributed by atoms with Crippen LogP contribution < -0.4 is 0 Å². The van der Waals surface area contributed by atoms with E-state index in [1.54, 1.807) is 0 Å². The van der Waals surface area contributed by atoms with Gasteiger partial charge in [0, 0.05) is 0 Å². The van der Waals surface area contributed by atoms with Crippen LogP contribution in [0.5, 0.6) is 0 Å². The third-order valence-corrected chi connectivity index (χ3v) is 4.73. The first-order valence-electron chi connectivity index (χ1n) is 6.21. The van der Waals surface area contributed by atoms with Crippen molar-refractivity contribution in [3.8, 4) is 0 Å². The Bertz CT molecular complexity index is 239. The Morgan fingerprint density at radius 1 is 1.13 bits per heavy atom. The van der Waals surface area contributed by atoms with Crippen LogP contribution in [0.25, 0.3) is 0 Å². The smallest absolute Gasteiger partial charge is 0.102 e. The SMILES string of the molecule is C[C@@H]1CC[C@@]2(O1)C(C)(C)CCCC2(C)O. The van der Waals surface area contributed by atoms with E-state index in [4.69, 9.17) is 4.74 Å². The molecule has 3 atom stereocenters. The van der Waals surface area contributed by atoms with Crippen LogP contribution in [0.15, 0.2) is 0 Å². The molecule has 1 saturated carbocycles. The molecule has 1 aliphatic carbocycles. The average Bonchev–Trinajstić information content (AvgIpc) is 2.46. The monoisotopic (exact) mass is 212 g/mol. The molecule has 1 aliphatic heterocycles. The zero-order valence-electron chi connectivity index (χ0n) is 10.5. The number of hydrogen-bond acceptors (Lipinski definition) is 2. The predicted molar refractivity (Wildman–Crippen MR) is 60.8 cm³/mol. The summed E-state index contributed by atoms with van der Waals surface area (Å²) in [6, 6.07) is 0. The number of ether oxygens (including phenoxy) is 1. The highest BCUT2D eigenvalue weighted by Crippen LogP contribution is 2.57. The molecule has 2 heteroatoms. The molecule has 1 N–H and O–H groups in total. The van der Waals surface area contributed by atoms with Crippen LogP contribution in [0.4, 0.5) is 0 Å². The molecular formula is C13H24O2. The molecule has 2 fully saturated rings. The van der Waals surface area contributed by atoms with Crippen molar-refractivity contribution in [1.29, 1.82) is 0 Å². The summed E-state index contributed by atoms with van der Waals surface area (Å²) in [5.41, 5.74) is -0.864. The number of hydrogen-bond donors (Lipinski definition) is 1. The lowest BCUT2D eigenvalue weighted by Crippen LogP contribution is -2.63. The normalized spacial score (nSPS) is 49.8. The van der Waals surface area contributed by atoms with Crippen LogP contribution in [0.2, 0.25) is 0 Å². The van der Waals surface area contributed by atoms with Crippen LogP contribution in [0, 0.1) is 5.41 Å². The lowest BCUT2D eigenvalue weighted by molar-refractivity contribution is -0.239. The maximum atomic E-state index is 10.7. The van der Waals surface area contributed by atoms with E-state index in [9.17, 15) is 5.11 Å². The molecule has 1 heterocycles. The zero-order valence-corrected chi connectivity index (χ0v) is 10.5. The van der Waals surface area contributed by atoms with Gasteiger partial charge in [-0.2, -0.15) is 0 Å². The van der Waals surface area contributed by atoms with Crippen LogP contribution >= 0.6 is 0 Å². The predicted octanol–water partition coefficient (Wildman–Crippen LogP) is 2.89. The second-order valence-corrected chi connectivity index (χ2v) is 6.31. The van der Waals surface area contributed by atoms with E-state index in [1.807, 2.05) is 6.92 Å². The lowest BCUT2D eigenvalue weighted by atomic mass is 9.57. The molecule has 0 bridgehead atoms. The van der Waals surface area contributed by atoms with Crippen LogP contribution in [0.3, 0.4) is 0 Å². The third kappa shape index (κ3) is 1.45. The zero-order chi connectivity index (χ0) is 11.3. The Hall–Kier alpha value is -0.0800. The van der Waals surface area contributed by atoms with E-state index in [0.29, 0.717) is 6.10 Å². The Kier molecular flexibility index (Phi) is 2.44.